The van der Waals surface area contributed by atoms with Crippen LogP contribution in [0.15, 0.2) is 24.3 Å². The fraction of sp³-hybridized carbons (Fsp3) is 0.529. The third-order valence-electron chi connectivity index (χ3n) is 3.35. The van der Waals surface area contributed by atoms with E-state index >= 15 is 0 Å². The standard InChI is InChI=1S/C17H24N2O/c1-4-10-19(11-5-2)17(20)12-16(13-18)15-8-6-14(3)7-9-15/h6-9,16H,4-5,10-12H2,1-3H3. The molecule has 108 valence electrons. The van der Waals surface area contributed by atoms with E-state index in [1.165, 1.54) is 0 Å². The molecule has 0 saturated heterocycles. The number of nitrogens with zero attached hydrogens (tertiary/aromatic N) is 2. The number of carbonyl (C=O) groups is 1. The first-order valence-corrected chi connectivity index (χ1v) is 7.36. The van der Waals surface area contributed by atoms with Crippen LogP contribution in [0.5, 0.6) is 0 Å². The van der Waals surface area contributed by atoms with Crippen LogP contribution in [0.3, 0.4) is 0 Å². The molecule has 0 aromatic heterocycles. The summed E-state index contributed by atoms with van der Waals surface area (Å²) in [4.78, 5) is 14.2. The van der Waals surface area contributed by atoms with Crippen LogP contribution >= 0.6 is 0 Å². The minimum absolute atomic E-state index is 0.0841. The summed E-state index contributed by atoms with van der Waals surface area (Å²) < 4.78 is 0. The number of hydrogen-bond acceptors (Lipinski definition) is 2. The number of benzene rings is 1. The molecule has 1 rings (SSSR count). The van der Waals surface area contributed by atoms with Crippen LogP contribution in [0.1, 0.15) is 50.2 Å². The van der Waals surface area contributed by atoms with E-state index in [0.29, 0.717) is 0 Å². The Balaban J connectivity index is 2.74. The van der Waals surface area contributed by atoms with Crippen molar-refractivity contribution >= 4 is 5.91 Å². The molecule has 0 radical (unpaired) electrons. The third kappa shape index (κ3) is 4.70. The zero-order valence-corrected chi connectivity index (χ0v) is 12.7. The molecular weight excluding hydrogens is 248 g/mol. The summed E-state index contributed by atoms with van der Waals surface area (Å²) >= 11 is 0. The Morgan fingerprint density at radius 3 is 2.20 bits per heavy atom. The second-order valence-corrected chi connectivity index (χ2v) is 5.18. The molecule has 0 saturated carbocycles. The minimum atomic E-state index is -0.348. The molecule has 0 aliphatic carbocycles. The van der Waals surface area contributed by atoms with E-state index in [1.54, 1.807) is 0 Å². The molecule has 0 aliphatic rings. The van der Waals surface area contributed by atoms with Gasteiger partial charge in [0.1, 0.15) is 0 Å². The molecule has 1 aromatic carbocycles. The Labute approximate surface area is 122 Å². The number of amides is 1. The lowest BCUT2D eigenvalue weighted by molar-refractivity contribution is -0.131. The Morgan fingerprint density at radius 1 is 1.20 bits per heavy atom. The Bertz CT molecular complexity index is 453. The molecular formula is C17H24N2O. The van der Waals surface area contributed by atoms with Crippen molar-refractivity contribution in [2.24, 2.45) is 0 Å². The van der Waals surface area contributed by atoms with Crippen LogP contribution in [-0.2, 0) is 4.79 Å². The quantitative estimate of drug-likeness (QED) is 0.760. The highest BCUT2D eigenvalue weighted by molar-refractivity contribution is 5.77. The number of aryl methyl sites for hydroxylation is 1. The lowest BCUT2D eigenvalue weighted by Gasteiger charge is -2.22. The number of hydrogen-bond donors (Lipinski definition) is 0. The molecule has 0 N–H and O–H groups in total. The molecule has 3 nitrogen and oxygen atoms in total. The Hall–Kier alpha value is -1.82. The molecule has 0 bridgehead atoms. The molecule has 0 spiro atoms. The maximum atomic E-state index is 12.3. The van der Waals surface area contributed by atoms with Crippen molar-refractivity contribution in [1.29, 1.82) is 5.26 Å². The van der Waals surface area contributed by atoms with Crippen molar-refractivity contribution in [1.82, 2.24) is 4.90 Å². The lowest BCUT2D eigenvalue weighted by atomic mass is 9.95. The molecule has 1 aromatic rings. The summed E-state index contributed by atoms with van der Waals surface area (Å²) in [7, 11) is 0. The van der Waals surface area contributed by atoms with Crippen LogP contribution in [0, 0.1) is 18.3 Å². The van der Waals surface area contributed by atoms with Crippen molar-refractivity contribution in [2.45, 2.75) is 46.0 Å². The molecule has 0 heterocycles. The van der Waals surface area contributed by atoms with Gasteiger partial charge in [0, 0.05) is 19.5 Å². The normalized spacial score (nSPS) is 11.7. The summed E-state index contributed by atoms with van der Waals surface area (Å²) in [6.45, 7) is 7.70. The third-order valence-corrected chi connectivity index (χ3v) is 3.35. The Morgan fingerprint density at radius 2 is 1.75 bits per heavy atom. The van der Waals surface area contributed by atoms with E-state index in [-0.39, 0.29) is 18.2 Å². The van der Waals surface area contributed by atoms with Gasteiger partial charge in [-0.25, -0.2) is 0 Å². The highest BCUT2D eigenvalue weighted by Crippen LogP contribution is 2.20. The van der Waals surface area contributed by atoms with Gasteiger partial charge in [0.2, 0.25) is 5.91 Å². The maximum Gasteiger partial charge on any atom is 0.224 e. The topological polar surface area (TPSA) is 44.1 Å². The van der Waals surface area contributed by atoms with Crippen molar-refractivity contribution in [2.75, 3.05) is 13.1 Å². The summed E-state index contributed by atoms with van der Waals surface area (Å²) in [6.07, 6.45) is 2.18. The van der Waals surface area contributed by atoms with Crippen molar-refractivity contribution in [3.63, 3.8) is 0 Å². The van der Waals surface area contributed by atoms with Crippen LogP contribution in [0.2, 0.25) is 0 Å². The summed E-state index contributed by atoms with van der Waals surface area (Å²) in [5.74, 6) is -0.264. The second-order valence-electron chi connectivity index (χ2n) is 5.18. The van der Waals surface area contributed by atoms with Gasteiger partial charge in [0.25, 0.3) is 0 Å². The monoisotopic (exact) mass is 272 g/mol. The maximum absolute atomic E-state index is 12.3. The predicted octanol–water partition coefficient (Wildman–Crippen LogP) is 3.64. The summed E-state index contributed by atoms with van der Waals surface area (Å²) in [6, 6.07) is 10.1. The predicted molar refractivity (Wildman–Crippen MR) is 81.3 cm³/mol. The first kappa shape index (κ1) is 16.2. The highest BCUT2D eigenvalue weighted by Gasteiger charge is 2.19. The first-order valence-electron chi connectivity index (χ1n) is 7.36. The zero-order valence-electron chi connectivity index (χ0n) is 12.7. The number of nitriles is 1. The van der Waals surface area contributed by atoms with E-state index in [9.17, 15) is 10.1 Å². The molecule has 1 atom stereocenters. The van der Waals surface area contributed by atoms with Gasteiger partial charge >= 0.3 is 0 Å². The van der Waals surface area contributed by atoms with Crippen molar-refractivity contribution < 1.29 is 4.79 Å². The number of carbonyl (C=O) groups excluding carboxylic acids is 1. The smallest absolute Gasteiger partial charge is 0.224 e. The second kappa shape index (κ2) is 8.37. The van der Waals surface area contributed by atoms with E-state index in [4.69, 9.17) is 0 Å². The first-order chi connectivity index (χ1) is 9.62. The van der Waals surface area contributed by atoms with Gasteiger partial charge in [0.05, 0.1) is 12.0 Å². The van der Waals surface area contributed by atoms with Gasteiger partial charge in [-0.2, -0.15) is 5.26 Å². The minimum Gasteiger partial charge on any atom is -0.343 e. The average molecular weight is 272 g/mol. The van der Waals surface area contributed by atoms with Gasteiger partial charge in [-0.05, 0) is 25.3 Å². The van der Waals surface area contributed by atoms with Crippen LogP contribution in [0.4, 0.5) is 0 Å². The Kier molecular flexibility index (Phi) is 6.79. The lowest BCUT2D eigenvalue weighted by Crippen LogP contribution is -2.33. The van der Waals surface area contributed by atoms with Gasteiger partial charge in [-0.3, -0.25) is 4.79 Å². The fourth-order valence-corrected chi connectivity index (χ4v) is 2.24. The largest absolute Gasteiger partial charge is 0.343 e. The average Bonchev–Trinajstić information content (AvgIpc) is 2.45. The van der Waals surface area contributed by atoms with E-state index in [0.717, 1.165) is 37.1 Å². The van der Waals surface area contributed by atoms with Gasteiger partial charge in [0.15, 0.2) is 0 Å². The van der Waals surface area contributed by atoms with E-state index < -0.39 is 0 Å². The zero-order chi connectivity index (χ0) is 15.0. The molecule has 0 fully saturated rings. The highest BCUT2D eigenvalue weighted by atomic mass is 16.2. The molecule has 1 amide bonds. The summed E-state index contributed by atoms with van der Waals surface area (Å²) in [5, 5.41) is 9.32. The van der Waals surface area contributed by atoms with Crippen LogP contribution < -0.4 is 0 Å². The van der Waals surface area contributed by atoms with Gasteiger partial charge in [-0.1, -0.05) is 43.7 Å². The van der Waals surface area contributed by atoms with E-state index in [2.05, 4.69) is 19.9 Å². The van der Waals surface area contributed by atoms with Gasteiger partial charge in [-0.15, -0.1) is 0 Å². The van der Waals surface area contributed by atoms with Crippen LogP contribution in [0.25, 0.3) is 0 Å². The van der Waals surface area contributed by atoms with E-state index in [1.807, 2.05) is 36.1 Å². The molecule has 0 aliphatic heterocycles. The summed E-state index contributed by atoms with van der Waals surface area (Å²) in [5.41, 5.74) is 2.09. The number of rotatable bonds is 7. The molecule has 1 unspecified atom stereocenters. The van der Waals surface area contributed by atoms with Crippen LogP contribution in [-0.4, -0.2) is 23.9 Å². The van der Waals surface area contributed by atoms with Crippen molar-refractivity contribution in [3.05, 3.63) is 35.4 Å². The molecule has 20 heavy (non-hydrogen) atoms. The molecule has 3 heteroatoms. The fourth-order valence-electron chi connectivity index (χ4n) is 2.24. The van der Waals surface area contributed by atoms with Gasteiger partial charge < -0.3 is 4.90 Å². The van der Waals surface area contributed by atoms with Crippen molar-refractivity contribution in [3.8, 4) is 6.07 Å². The SMILES string of the molecule is CCCN(CCC)C(=O)CC(C#N)c1ccc(C)cc1.